The maximum absolute atomic E-state index is 13.1. The summed E-state index contributed by atoms with van der Waals surface area (Å²) in [6, 6.07) is 15.8. The van der Waals surface area contributed by atoms with Crippen LogP contribution in [0, 0.1) is 5.92 Å². The Morgan fingerprint density at radius 1 is 1.21 bits per heavy atom. The average molecular weight is 478 g/mol. The molecular formula is C28H35N3O2S. The van der Waals surface area contributed by atoms with E-state index in [-0.39, 0.29) is 5.91 Å². The van der Waals surface area contributed by atoms with Gasteiger partial charge in [-0.1, -0.05) is 50.6 Å². The first-order valence-electron chi connectivity index (χ1n) is 12.3. The minimum Gasteiger partial charge on any atom is -0.497 e. The number of benzene rings is 2. The van der Waals surface area contributed by atoms with Crippen LogP contribution in [0.3, 0.4) is 0 Å². The fourth-order valence-corrected chi connectivity index (χ4v) is 5.75. The van der Waals surface area contributed by atoms with Crippen molar-refractivity contribution >= 4 is 22.9 Å². The third kappa shape index (κ3) is 6.05. The van der Waals surface area contributed by atoms with Crippen molar-refractivity contribution in [1.29, 1.82) is 0 Å². The van der Waals surface area contributed by atoms with Gasteiger partial charge in [0.15, 0.2) is 0 Å². The minimum absolute atomic E-state index is 0.182. The van der Waals surface area contributed by atoms with Crippen molar-refractivity contribution in [2.75, 3.05) is 32.1 Å². The van der Waals surface area contributed by atoms with Gasteiger partial charge in [0.25, 0.3) is 5.91 Å². The topological polar surface area (TPSA) is 54.5 Å². The highest BCUT2D eigenvalue weighted by Gasteiger charge is 2.25. The van der Waals surface area contributed by atoms with Gasteiger partial charge in [-0.05, 0) is 56.0 Å². The highest BCUT2D eigenvalue weighted by Crippen LogP contribution is 2.33. The lowest BCUT2D eigenvalue weighted by Crippen LogP contribution is -2.36. The third-order valence-electron chi connectivity index (χ3n) is 6.60. The van der Waals surface area contributed by atoms with E-state index in [0.29, 0.717) is 17.4 Å². The number of thiazole rings is 1. The number of hydrogen-bond donors (Lipinski definition) is 1. The fraction of sp³-hybridized carbons (Fsp3) is 0.429. The number of piperidine rings is 1. The maximum Gasteiger partial charge on any atom is 0.275 e. The number of hydrogen-bond acceptors (Lipinski definition) is 5. The van der Waals surface area contributed by atoms with Crippen LogP contribution >= 0.6 is 11.3 Å². The monoisotopic (exact) mass is 477 g/mol. The van der Waals surface area contributed by atoms with E-state index < -0.39 is 0 Å². The number of rotatable bonds is 9. The smallest absolute Gasteiger partial charge is 0.275 e. The number of anilines is 1. The quantitative estimate of drug-likeness (QED) is 0.373. The molecule has 1 atom stereocenters. The number of nitrogens with zero attached hydrogens (tertiary/aromatic N) is 2. The van der Waals surface area contributed by atoms with Crippen LogP contribution in [0.15, 0.2) is 53.9 Å². The second-order valence-electron chi connectivity index (χ2n) is 9.27. The molecule has 6 heteroatoms. The molecule has 1 amide bonds. The largest absolute Gasteiger partial charge is 0.497 e. The van der Waals surface area contributed by atoms with Crippen LogP contribution < -0.4 is 10.1 Å². The Balaban J connectivity index is 1.42. The van der Waals surface area contributed by atoms with Crippen molar-refractivity contribution < 1.29 is 9.53 Å². The summed E-state index contributed by atoms with van der Waals surface area (Å²) < 4.78 is 5.39. The number of amides is 1. The van der Waals surface area contributed by atoms with Gasteiger partial charge in [0.05, 0.1) is 17.8 Å². The van der Waals surface area contributed by atoms with Crippen molar-refractivity contribution in [2.45, 2.75) is 45.4 Å². The molecule has 3 aromatic rings. The predicted octanol–water partition coefficient (Wildman–Crippen LogP) is 6.69. The summed E-state index contributed by atoms with van der Waals surface area (Å²) in [7, 11) is 1.63. The van der Waals surface area contributed by atoms with Crippen molar-refractivity contribution in [3.05, 3.63) is 64.6 Å². The zero-order chi connectivity index (χ0) is 23.9. The predicted molar refractivity (Wildman–Crippen MR) is 141 cm³/mol. The van der Waals surface area contributed by atoms with E-state index in [9.17, 15) is 4.79 Å². The third-order valence-corrected chi connectivity index (χ3v) is 7.61. The van der Waals surface area contributed by atoms with Gasteiger partial charge >= 0.3 is 0 Å². The Labute approximate surface area is 207 Å². The lowest BCUT2D eigenvalue weighted by molar-refractivity contribution is 0.102. The number of nitrogens with one attached hydrogen (secondary N) is 1. The van der Waals surface area contributed by atoms with Crippen LogP contribution in [0.25, 0.3) is 11.1 Å². The summed E-state index contributed by atoms with van der Waals surface area (Å²) in [5, 5.41) is 6.05. The van der Waals surface area contributed by atoms with E-state index in [0.717, 1.165) is 53.7 Å². The summed E-state index contributed by atoms with van der Waals surface area (Å²) in [4.78, 5) is 20.4. The van der Waals surface area contributed by atoms with E-state index in [1.165, 1.54) is 19.4 Å². The normalized spacial score (nSPS) is 15.7. The molecule has 2 aromatic carbocycles. The molecule has 5 nitrogen and oxygen atoms in total. The average Bonchev–Trinajstić information content (AvgIpc) is 3.36. The van der Waals surface area contributed by atoms with Crippen molar-refractivity contribution in [3.8, 4) is 16.9 Å². The Morgan fingerprint density at radius 2 is 1.97 bits per heavy atom. The van der Waals surface area contributed by atoms with Crippen LogP contribution in [0.1, 0.15) is 60.9 Å². The van der Waals surface area contributed by atoms with Gasteiger partial charge in [0.2, 0.25) is 0 Å². The molecular weight excluding hydrogens is 442 g/mol. The van der Waals surface area contributed by atoms with E-state index in [1.807, 2.05) is 53.9 Å². The zero-order valence-corrected chi connectivity index (χ0v) is 21.2. The molecule has 0 aliphatic carbocycles. The van der Waals surface area contributed by atoms with Gasteiger partial charge in [0.1, 0.15) is 11.4 Å². The molecule has 0 saturated carbocycles. The van der Waals surface area contributed by atoms with E-state index in [2.05, 4.69) is 24.1 Å². The molecule has 1 aromatic heterocycles. The van der Waals surface area contributed by atoms with Gasteiger partial charge < -0.3 is 15.0 Å². The van der Waals surface area contributed by atoms with Gasteiger partial charge in [-0.2, -0.15) is 0 Å². The van der Waals surface area contributed by atoms with E-state index >= 15 is 0 Å². The van der Waals surface area contributed by atoms with Crippen molar-refractivity contribution in [2.24, 2.45) is 5.92 Å². The second-order valence-corrected chi connectivity index (χ2v) is 10.2. The van der Waals surface area contributed by atoms with Crippen molar-refractivity contribution in [3.63, 3.8) is 0 Å². The molecule has 180 valence electrons. The van der Waals surface area contributed by atoms with E-state index in [4.69, 9.17) is 9.72 Å². The van der Waals surface area contributed by atoms with Crippen LogP contribution in [0.4, 0.5) is 5.69 Å². The first-order valence-corrected chi connectivity index (χ1v) is 13.2. The number of ether oxygens (including phenoxy) is 1. The molecule has 4 rings (SSSR count). The lowest BCUT2D eigenvalue weighted by Gasteiger charge is -2.32. The van der Waals surface area contributed by atoms with Crippen molar-refractivity contribution in [1.82, 2.24) is 9.88 Å². The van der Waals surface area contributed by atoms with Gasteiger partial charge in [-0.3, -0.25) is 4.79 Å². The number of likely N-dealkylation sites (tertiary alicyclic amines) is 1. The molecule has 2 heterocycles. The maximum atomic E-state index is 13.1. The van der Waals surface area contributed by atoms with Crippen LogP contribution in [0.5, 0.6) is 5.75 Å². The molecule has 1 unspecified atom stereocenters. The SMILES string of the molecule is CCCC(C)CN1CCC(c2nc(C(=O)Nc3cc(OC)ccc3-c3ccccc3)cs2)CC1. The number of carbonyl (C=O) groups excluding carboxylic acids is 1. The Kier molecular flexibility index (Phi) is 8.35. The molecule has 1 saturated heterocycles. The summed E-state index contributed by atoms with van der Waals surface area (Å²) in [5.41, 5.74) is 3.20. The molecule has 0 radical (unpaired) electrons. The van der Waals surface area contributed by atoms with Crippen LogP contribution in [0.2, 0.25) is 0 Å². The first kappa shape index (κ1) is 24.4. The van der Waals surface area contributed by atoms with Gasteiger partial charge in [-0.25, -0.2) is 4.98 Å². The number of aromatic nitrogens is 1. The Hall–Kier alpha value is -2.70. The Morgan fingerprint density at radius 3 is 2.68 bits per heavy atom. The lowest BCUT2D eigenvalue weighted by atomic mass is 9.96. The molecule has 34 heavy (non-hydrogen) atoms. The zero-order valence-electron chi connectivity index (χ0n) is 20.4. The summed E-state index contributed by atoms with van der Waals surface area (Å²) in [6.07, 6.45) is 4.78. The second kappa shape index (κ2) is 11.6. The fourth-order valence-electron chi connectivity index (χ4n) is 4.78. The molecule has 1 aliphatic rings. The van der Waals surface area contributed by atoms with Gasteiger partial charge in [-0.15, -0.1) is 11.3 Å². The summed E-state index contributed by atoms with van der Waals surface area (Å²) in [6.45, 7) is 8.03. The Bertz CT molecular complexity index is 1070. The molecule has 1 aliphatic heterocycles. The summed E-state index contributed by atoms with van der Waals surface area (Å²) in [5.74, 6) is 1.72. The first-order chi connectivity index (χ1) is 16.6. The van der Waals surface area contributed by atoms with Crippen LogP contribution in [-0.2, 0) is 0 Å². The molecule has 1 N–H and O–H groups in total. The molecule has 0 bridgehead atoms. The highest BCUT2D eigenvalue weighted by molar-refractivity contribution is 7.10. The molecule has 1 fully saturated rings. The van der Waals surface area contributed by atoms with E-state index in [1.54, 1.807) is 18.4 Å². The van der Waals surface area contributed by atoms with Gasteiger partial charge in [0, 0.05) is 29.5 Å². The standard InChI is InChI=1S/C28H35N3O2S/c1-4-8-20(2)18-31-15-13-22(14-16-31)28-30-26(19-34-28)27(32)29-25-17-23(33-3)11-12-24(25)21-9-6-5-7-10-21/h5-7,9-12,17,19-20,22H,4,8,13-16,18H2,1-3H3,(H,29,32). The molecule has 0 spiro atoms. The summed E-state index contributed by atoms with van der Waals surface area (Å²) >= 11 is 1.61. The number of methoxy groups -OCH3 is 1. The van der Waals surface area contributed by atoms with Crippen LogP contribution in [-0.4, -0.2) is 42.5 Å². The number of carbonyl (C=O) groups is 1. The highest BCUT2D eigenvalue weighted by atomic mass is 32.1. The minimum atomic E-state index is -0.182.